The number of hydrogen-bond acceptors (Lipinski definition) is 3. The number of likely N-dealkylation sites (tertiary alicyclic amines) is 1. The predicted octanol–water partition coefficient (Wildman–Crippen LogP) is 2.62. The number of carbonyl (C=O) groups excluding carboxylic acids is 1. The highest BCUT2D eigenvalue weighted by molar-refractivity contribution is 8.00. The average molecular weight is 287 g/mol. The number of thioether (sulfide) groups is 1. The molecule has 1 saturated heterocycles. The summed E-state index contributed by atoms with van der Waals surface area (Å²) in [7, 11) is 0. The number of carboxylic acids is 1. The first-order valence-electron chi connectivity index (χ1n) is 7.04. The lowest BCUT2D eigenvalue weighted by molar-refractivity contribution is -0.154. The molecule has 1 amide bonds. The monoisotopic (exact) mass is 287 g/mol. The van der Waals surface area contributed by atoms with Crippen LogP contribution < -0.4 is 0 Å². The first kappa shape index (κ1) is 16.3. The molecule has 0 aromatic heterocycles. The van der Waals surface area contributed by atoms with Crippen LogP contribution in [0.5, 0.6) is 0 Å². The number of amides is 1. The van der Waals surface area contributed by atoms with Crippen LogP contribution in [-0.4, -0.2) is 46.0 Å². The van der Waals surface area contributed by atoms with E-state index in [0.29, 0.717) is 43.4 Å². The lowest BCUT2D eigenvalue weighted by Gasteiger charge is -2.38. The summed E-state index contributed by atoms with van der Waals surface area (Å²) in [5, 5.41) is 9.86. The molecule has 0 spiro atoms. The Balaban J connectivity index is 2.51. The van der Waals surface area contributed by atoms with Gasteiger partial charge in [-0.15, -0.1) is 11.8 Å². The van der Waals surface area contributed by atoms with Gasteiger partial charge in [-0.1, -0.05) is 27.2 Å². The van der Waals surface area contributed by atoms with Gasteiger partial charge in [0.2, 0.25) is 5.91 Å². The van der Waals surface area contributed by atoms with Crippen molar-refractivity contribution in [3.8, 4) is 0 Å². The molecule has 110 valence electrons. The van der Waals surface area contributed by atoms with Crippen LogP contribution in [0, 0.1) is 5.41 Å². The van der Waals surface area contributed by atoms with Crippen molar-refractivity contribution < 1.29 is 14.7 Å². The average Bonchev–Trinajstić information content (AvgIpc) is 2.37. The summed E-state index contributed by atoms with van der Waals surface area (Å²) in [5.74, 6) is -0.0434. The number of carbonyl (C=O) groups is 2. The van der Waals surface area contributed by atoms with E-state index in [2.05, 4.69) is 13.8 Å². The van der Waals surface area contributed by atoms with Gasteiger partial charge in [0.1, 0.15) is 0 Å². The van der Waals surface area contributed by atoms with Crippen LogP contribution in [0.3, 0.4) is 0 Å². The fraction of sp³-hybridized carbons (Fsp3) is 0.857. The van der Waals surface area contributed by atoms with Crippen molar-refractivity contribution in [2.45, 2.75) is 51.7 Å². The zero-order chi connectivity index (χ0) is 14.5. The van der Waals surface area contributed by atoms with Crippen molar-refractivity contribution in [2.24, 2.45) is 5.41 Å². The summed E-state index contributed by atoms with van der Waals surface area (Å²) in [4.78, 5) is 25.3. The van der Waals surface area contributed by atoms with Crippen molar-refractivity contribution in [2.75, 3.05) is 18.8 Å². The van der Waals surface area contributed by atoms with Gasteiger partial charge in [0.15, 0.2) is 0 Å². The molecule has 1 heterocycles. The molecule has 0 aliphatic carbocycles. The van der Waals surface area contributed by atoms with Crippen LogP contribution >= 0.6 is 11.8 Å². The van der Waals surface area contributed by atoms with Crippen molar-refractivity contribution in [1.82, 2.24) is 4.90 Å². The number of aliphatic carboxylic acids is 1. The molecular formula is C14H25NO3S. The number of hydrogen-bond donors (Lipinski definition) is 1. The topological polar surface area (TPSA) is 57.6 Å². The molecule has 5 heteroatoms. The zero-order valence-electron chi connectivity index (χ0n) is 12.1. The highest BCUT2D eigenvalue weighted by Crippen LogP contribution is 2.36. The minimum atomic E-state index is -0.696. The maximum absolute atomic E-state index is 12.0. The number of piperidine rings is 1. The molecule has 0 saturated carbocycles. The first-order valence-corrected chi connectivity index (χ1v) is 8.09. The molecule has 1 aliphatic heterocycles. The number of carboxylic acid groups (broad SMARTS) is 1. The van der Waals surface area contributed by atoms with E-state index in [1.165, 1.54) is 0 Å². The Morgan fingerprint density at radius 1 is 1.32 bits per heavy atom. The SMILES string of the molecule is CCCC1(C(=O)O)CCN(C(=O)CSC(C)C)CC1. The molecule has 0 atom stereocenters. The van der Waals surface area contributed by atoms with Crippen LogP contribution in [0.15, 0.2) is 0 Å². The molecule has 1 rings (SSSR count). The Hall–Kier alpha value is -0.710. The van der Waals surface area contributed by atoms with E-state index in [4.69, 9.17) is 0 Å². The smallest absolute Gasteiger partial charge is 0.309 e. The largest absolute Gasteiger partial charge is 0.481 e. The number of nitrogens with zero attached hydrogens (tertiary/aromatic N) is 1. The third kappa shape index (κ3) is 4.41. The molecule has 0 unspecified atom stereocenters. The maximum Gasteiger partial charge on any atom is 0.309 e. The van der Waals surface area contributed by atoms with Crippen LogP contribution in [0.4, 0.5) is 0 Å². The summed E-state index contributed by atoms with van der Waals surface area (Å²) in [6.07, 6.45) is 2.77. The van der Waals surface area contributed by atoms with Gasteiger partial charge in [-0.3, -0.25) is 9.59 Å². The van der Waals surface area contributed by atoms with Crippen LogP contribution in [0.2, 0.25) is 0 Å². The first-order chi connectivity index (χ1) is 8.91. The van der Waals surface area contributed by atoms with E-state index in [9.17, 15) is 14.7 Å². The standard InChI is InChI=1S/C14H25NO3S/c1-4-5-14(13(17)18)6-8-15(9-7-14)12(16)10-19-11(2)3/h11H,4-10H2,1-3H3,(H,17,18). The molecule has 0 aromatic rings. The van der Waals surface area contributed by atoms with Crippen LogP contribution in [-0.2, 0) is 9.59 Å². The van der Waals surface area contributed by atoms with Crippen LogP contribution in [0.1, 0.15) is 46.5 Å². The lowest BCUT2D eigenvalue weighted by atomic mass is 9.75. The molecular weight excluding hydrogens is 262 g/mol. The Morgan fingerprint density at radius 2 is 1.89 bits per heavy atom. The Morgan fingerprint density at radius 3 is 2.32 bits per heavy atom. The molecule has 0 aromatic carbocycles. The van der Waals surface area contributed by atoms with E-state index < -0.39 is 11.4 Å². The molecule has 4 nitrogen and oxygen atoms in total. The van der Waals surface area contributed by atoms with E-state index >= 15 is 0 Å². The molecule has 1 aliphatic rings. The molecule has 0 bridgehead atoms. The minimum Gasteiger partial charge on any atom is -0.481 e. The van der Waals surface area contributed by atoms with Gasteiger partial charge in [-0.25, -0.2) is 0 Å². The quantitative estimate of drug-likeness (QED) is 0.816. The summed E-state index contributed by atoms with van der Waals surface area (Å²) in [6.45, 7) is 7.34. The third-order valence-corrected chi connectivity index (χ3v) is 4.88. The highest BCUT2D eigenvalue weighted by Gasteiger charge is 2.41. The Kier molecular flexibility index (Phi) is 6.17. The summed E-state index contributed by atoms with van der Waals surface area (Å²) >= 11 is 1.64. The van der Waals surface area contributed by atoms with Crippen molar-refractivity contribution >= 4 is 23.6 Å². The van der Waals surface area contributed by atoms with Gasteiger partial charge in [-0.2, -0.15) is 0 Å². The van der Waals surface area contributed by atoms with E-state index in [1.54, 1.807) is 11.8 Å². The van der Waals surface area contributed by atoms with Crippen molar-refractivity contribution in [1.29, 1.82) is 0 Å². The predicted molar refractivity (Wildman–Crippen MR) is 78.4 cm³/mol. The van der Waals surface area contributed by atoms with Crippen molar-refractivity contribution in [3.63, 3.8) is 0 Å². The third-order valence-electron chi connectivity index (χ3n) is 3.80. The fourth-order valence-corrected chi connectivity index (χ4v) is 3.22. The second-order valence-corrected chi connectivity index (χ2v) is 7.14. The minimum absolute atomic E-state index is 0.147. The zero-order valence-corrected chi connectivity index (χ0v) is 13.0. The summed E-state index contributed by atoms with van der Waals surface area (Å²) in [6, 6.07) is 0. The molecule has 1 N–H and O–H groups in total. The normalized spacial score (nSPS) is 18.6. The van der Waals surface area contributed by atoms with Crippen molar-refractivity contribution in [3.05, 3.63) is 0 Å². The molecule has 19 heavy (non-hydrogen) atoms. The highest BCUT2D eigenvalue weighted by atomic mass is 32.2. The van der Waals surface area contributed by atoms with E-state index in [0.717, 1.165) is 6.42 Å². The molecule has 0 radical (unpaired) electrons. The van der Waals surface area contributed by atoms with E-state index in [1.807, 2.05) is 11.8 Å². The summed E-state index contributed by atoms with van der Waals surface area (Å²) in [5.41, 5.74) is -0.600. The van der Waals surface area contributed by atoms with Gasteiger partial charge < -0.3 is 10.0 Å². The van der Waals surface area contributed by atoms with Crippen LogP contribution in [0.25, 0.3) is 0 Å². The fourth-order valence-electron chi connectivity index (χ4n) is 2.56. The van der Waals surface area contributed by atoms with Gasteiger partial charge in [0, 0.05) is 13.1 Å². The van der Waals surface area contributed by atoms with Gasteiger partial charge in [0.05, 0.1) is 11.2 Å². The number of rotatable bonds is 6. The molecule has 1 fully saturated rings. The van der Waals surface area contributed by atoms with Gasteiger partial charge in [-0.05, 0) is 24.5 Å². The lowest BCUT2D eigenvalue weighted by Crippen LogP contribution is -2.47. The van der Waals surface area contributed by atoms with E-state index in [-0.39, 0.29) is 5.91 Å². The Labute approximate surface area is 119 Å². The van der Waals surface area contributed by atoms with Gasteiger partial charge in [0.25, 0.3) is 0 Å². The summed E-state index contributed by atoms with van der Waals surface area (Å²) < 4.78 is 0. The maximum atomic E-state index is 12.0. The Bertz CT molecular complexity index is 323. The van der Waals surface area contributed by atoms with Gasteiger partial charge >= 0.3 is 5.97 Å². The second-order valence-electron chi connectivity index (χ2n) is 5.58. The second kappa shape index (κ2) is 7.17.